The van der Waals surface area contributed by atoms with E-state index in [0.717, 1.165) is 35.5 Å². The van der Waals surface area contributed by atoms with E-state index in [1.165, 1.54) is 70.6 Å². The Balaban J connectivity index is 1.49. The fraction of sp³-hybridized carbons (Fsp3) is 0.926. The minimum absolute atomic E-state index is 0.396. The zero-order valence-electron chi connectivity index (χ0n) is 19.3. The van der Waals surface area contributed by atoms with Crippen LogP contribution < -0.4 is 0 Å². The standard InChI is InChI=1S/C27H45Cl/c1-18(2)7-6-8-19(3)23-11-12-24-22-10-9-20-17-21(28)13-15-26(20,4)25(22)14-16-27(23,24)5/h9,18-19,21-25H,6-8,10-17H2,1-5H3/t19-,21-,22+,23-,24+,25+,26-,27+/m0/s1. The molecule has 0 aliphatic heterocycles. The van der Waals surface area contributed by atoms with Crippen molar-refractivity contribution in [1.29, 1.82) is 0 Å². The fourth-order valence-electron chi connectivity index (χ4n) is 8.64. The van der Waals surface area contributed by atoms with E-state index in [2.05, 4.69) is 40.7 Å². The van der Waals surface area contributed by atoms with Crippen molar-refractivity contribution in [1.82, 2.24) is 0 Å². The molecule has 8 atom stereocenters. The van der Waals surface area contributed by atoms with E-state index in [-0.39, 0.29) is 0 Å². The van der Waals surface area contributed by atoms with Gasteiger partial charge >= 0.3 is 0 Å². The molecule has 0 amide bonds. The smallest absolute Gasteiger partial charge is 0.0373 e. The lowest BCUT2D eigenvalue weighted by Crippen LogP contribution is -2.50. The van der Waals surface area contributed by atoms with Gasteiger partial charge < -0.3 is 0 Å². The van der Waals surface area contributed by atoms with Gasteiger partial charge in [0.25, 0.3) is 0 Å². The molecule has 0 unspecified atom stereocenters. The third-order valence-electron chi connectivity index (χ3n) is 10.2. The average Bonchev–Trinajstić information content (AvgIpc) is 2.99. The number of alkyl halides is 1. The predicted molar refractivity (Wildman–Crippen MR) is 123 cm³/mol. The molecule has 160 valence electrons. The van der Waals surface area contributed by atoms with Crippen LogP contribution in [0.4, 0.5) is 0 Å². The van der Waals surface area contributed by atoms with Gasteiger partial charge in [0, 0.05) is 5.38 Å². The fourth-order valence-corrected chi connectivity index (χ4v) is 8.92. The summed E-state index contributed by atoms with van der Waals surface area (Å²) in [5.74, 6) is 5.62. The Bertz CT molecular complexity index is 591. The third-order valence-corrected chi connectivity index (χ3v) is 10.6. The van der Waals surface area contributed by atoms with Gasteiger partial charge in [0.2, 0.25) is 0 Å². The first-order valence-corrected chi connectivity index (χ1v) is 13.0. The Morgan fingerprint density at radius 1 is 1.00 bits per heavy atom. The molecule has 0 bridgehead atoms. The SMILES string of the molecule is CC(C)CCC[C@H](C)[C@@H]1CC[C@@H]2[C@H]3CC=C4C[C@@H](Cl)CC[C@]4(C)[C@@H]3CC[C@@]21C. The van der Waals surface area contributed by atoms with Gasteiger partial charge in [-0.05, 0) is 97.7 Å². The van der Waals surface area contributed by atoms with Gasteiger partial charge in [0.1, 0.15) is 0 Å². The Kier molecular flexibility index (Phi) is 6.03. The van der Waals surface area contributed by atoms with Gasteiger partial charge in [-0.25, -0.2) is 0 Å². The molecular weight excluding hydrogens is 360 g/mol. The maximum atomic E-state index is 6.56. The molecule has 0 nitrogen and oxygen atoms in total. The van der Waals surface area contributed by atoms with Crippen LogP contribution in [0.25, 0.3) is 0 Å². The molecule has 4 aliphatic rings. The predicted octanol–water partition coefficient (Wildman–Crippen LogP) is 8.64. The molecule has 3 fully saturated rings. The number of halogens is 1. The third kappa shape index (κ3) is 3.52. The van der Waals surface area contributed by atoms with Gasteiger partial charge in [-0.3, -0.25) is 0 Å². The van der Waals surface area contributed by atoms with Crippen LogP contribution in [0.5, 0.6) is 0 Å². The molecule has 1 heteroatoms. The molecule has 0 radical (unpaired) electrons. The van der Waals surface area contributed by atoms with Crippen LogP contribution >= 0.6 is 11.6 Å². The molecule has 0 spiro atoms. The molecule has 28 heavy (non-hydrogen) atoms. The summed E-state index contributed by atoms with van der Waals surface area (Å²) in [4.78, 5) is 0. The first-order chi connectivity index (χ1) is 13.3. The van der Waals surface area contributed by atoms with Crippen molar-refractivity contribution in [3.63, 3.8) is 0 Å². The second-order valence-electron chi connectivity index (χ2n) is 12.1. The van der Waals surface area contributed by atoms with Gasteiger partial charge in [0.15, 0.2) is 0 Å². The molecule has 0 aromatic heterocycles. The molecule has 0 N–H and O–H groups in total. The largest absolute Gasteiger partial charge is 0.123 e. The molecule has 0 heterocycles. The second-order valence-corrected chi connectivity index (χ2v) is 12.7. The van der Waals surface area contributed by atoms with Crippen LogP contribution in [0.2, 0.25) is 0 Å². The summed E-state index contributed by atoms with van der Waals surface area (Å²) < 4.78 is 0. The minimum Gasteiger partial charge on any atom is -0.123 e. The first-order valence-electron chi connectivity index (χ1n) is 12.6. The molecule has 0 aromatic rings. The van der Waals surface area contributed by atoms with Crippen LogP contribution in [-0.4, -0.2) is 5.38 Å². The van der Waals surface area contributed by atoms with E-state index < -0.39 is 0 Å². The maximum absolute atomic E-state index is 6.56. The van der Waals surface area contributed by atoms with Crippen molar-refractivity contribution in [2.75, 3.05) is 0 Å². The topological polar surface area (TPSA) is 0 Å². The molecule has 4 rings (SSSR count). The average molecular weight is 405 g/mol. The van der Waals surface area contributed by atoms with Crippen molar-refractivity contribution in [2.45, 2.75) is 111 Å². The summed E-state index contributed by atoms with van der Waals surface area (Å²) in [7, 11) is 0. The van der Waals surface area contributed by atoms with E-state index in [1.54, 1.807) is 5.57 Å². The zero-order valence-corrected chi connectivity index (χ0v) is 20.0. The van der Waals surface area contributed by atoms with E-state index >= 15 is 0 Å². The summed E-state index contributed by atoms with van der Waals surface area (Å²) in [6, 6.07) is 0. The lowest BCUT2D eigenvalue weighted by atomic mass is 9.47. The van der Waals surface area contributed by atoms with Crippen molar-refractivity contribution in [2.24, 2.45) is 46.3 Å². The quantitative estimate of drug-likeness (QED) is 0.317. The first kappa shape index (κ1) is 21.3. The van der Waals surface area contributed by atoms with Crippen LogP contribution in [0.15, 0.2) is 11.6 Å². The highest BCUT2D eigenvalue weighted by molar-refractivity contribution is 6.20. The van der Waals surface area contributed by atoms with Gasteiger partial charge in [-0.2, -0.15) is 0 Å². The van der Waals surface area contributed by atoms with Crippen molar-refractivity contribution < 1.29 is 0 Å². The van der Waals surface area contributed by atoms with Crippen molar-refractivity contribution in [3.8, 4) is 0 Å². The van der Waals surface area contributed by atoms with Crippen LogP contribution in [0.1, 0.15) is 105 Å². The number of hydrogen-bond donors (Lipinski definition) is 0. The van der Waals surface area contributed by atoms with E-state index in [0.29, 0.717) is 16.2 Å². The highest BCUT2D eigenvalue weighted by Gasteiger charge is 2.58. The Labute approximate surface area is 180 Å². The Morgan fingerprint density at radius 3 is 2.54 bits per heavy atom. The normalized spacial score (nSPS) is 46.5. The second kappa shape index (κ2) is 7.94. The minimum atomic E-state index is 0.396. The van der Waals surface area contributed by atoms with Gasteiger partial charge in [-0.1, -0.05) is 65.5 Å². The summed E-state index contributed by atoms with van der Waals surface area (Å²) in [5.41, 5.74) is 2.82. The van der Waals surface area contributed by atoms with E-state index in [4.69, 9.17) is 11.6 Å². The number of allylic oxidation sites excluding steroid dienone is 2. The maximum Gasteiger partial charge on any atom is 0.0373 e. The van der Waals surface area contributed by atoms with Crippen molar-refractivity contribution >= 4 is 11.6 Å². The monoisotopic (exact) mass is 404 g/mol. The van der Waals surface area contributed by atoms with Crippen LogP contribution in [-0.2, 0) is 0 Å². The molecule has 0 saturated heterocycles. The van der Waals surface area contributed by atoms with Crippen LogP contribution in [0.3, 0.4) is 0 Å². The van der Waals surface area contributed by atoms with E-state index in [9.17, 15) is 0 Å². The number of fused-ring (bicyclic) bond motifs is 5. The molecule has 3 saturated carbocycles. The highest BCUT2D eigenvalue weighted by atomic mass is 35.5. The van der Waals surface area contributed by atoms with Gasteiger partial charge in [-0.15, -0.1) is 11.6 Å². The molecule has 0 aromatic carbocycles. The van der Waals surface area contributed by atoms with Crippen LogP contribution in [0, 0.1) is 46.3 Å². The number of rotatable bonds is 5. The lowest BCUT2D eigenvalue weighted by Gasteiger charge is -2.58. The Morgan fingerprint density at radius 2 is 1.79 bits per heavy atom. The summed E-state index contributed by atoms with van der Waals surface area (Å²) >= 11 is 6.56. The lowest BCUT2D eigenvalue weighted by molar-refractivity contribution is -0.0498. The Hall–Kier alpha value is 0.0300. The summed E-state index contributed by atoms with van der Waals surface area (Å²) in [5, 5.41) is 0.396. The summed E-state index contributed by atoms with van der Waals surface area (Å²) in [6.07, 6.45) is 18.0. The molecular formula is C27H45Cl. The zero-order chi connectivity index (χ0) is 20.1. The van der Waals surface area contributed by atoms with Gasteiger partial charge in [0.05, 0.1) is 0 Å². The highest BCUT2D eigenvalue weighted by Crippen LogP contribution is 2.67. The van der Waals surface area contributed by atoms with E-state index in [1.807, 2.05) is 0 Å². The summed E-state index contributed by atoms with van der Waals surface area (Å²) in [6.45, 7) is 12.7. The van der Waals surface area contributed by atoms with Crippen molar-refractivity contribution in [3.05, 3.63) is 11.6 Å². The molecule has 4 aliphatic carbocycles. The number of hydrogen-bond acceptors (Lipinski definition) is 0.